The predicted octanol–water partition coefficient (Wildman–Crippen LogP) is 1.63. The molecule has 0 radical (unpaired) electrons. The van der Waals surface area contributed by atoms with Gasteiger partial charge in [-0.15, -0.1) is 0 Å². The van der Waals surface area contributed by atoms with Crippen LogP contribution in [0.3, 0.4) is 0 Å². The number of carbonyl (C=O) groups is 1. The highest BCUT2D eigenvalue weighted by Gasteiger charge is 2.30. The molecule has 1 aliphatic carbocycles. The molecule has 2 aliphatic rings. The molecule has 5 nitrogen and oxygen atoms in total. The van der Waals surface area contributed by atoms with Gasteiger partial charge in [-0.25, -0.2) is 0 Å². The topological polar surface area (TPSA) is 54.5 Å². The summed E-state index contributed by atoms with van der Waals surface area (Å²) in [6, 6.07) is 4.76. The summed E-state index contributed by atoms with van der Waals surface area (Å²) < 4.78 is 5.60. The Morgan fingerprint density at radius 3 is 2.78 bits per heavy atom. The van der Waals surface area contributed by atoms with E-state index in [1.54, 1.807) is 0 Å². The van der Waals surface area contributed by atoms with Gasteiger partial charge in [0.1, 0.15) is 0 Å². The van der Waals surface area contributed by atoms with Gasteiger partial charge in [-0.1, -0.05) is 12.8 Å². The number of nitrogens with zero attached hydrogens (tertiary/aromatic N) is 2. The molecule has 1 N–H and O–H groups in total. The molecule has 1 aromatic rings. The Balaban J connectivity index is 1.48. The molecule has 2 fully saturated rings. The lowest BCUT2D eigenvalue weighted by Crippen LogP contribution is -2.46. The van der Waals surface area contributed by atoms with Crippen molar-refractivity contribution < 1.29 is 9.53 Å². The molecule has 3 rings (SSSR count). The van der Waals surface area contributed by atoms with Crippen molar-refractivity contribution in [3.8, 4) is 0 Å². The zero-order valence-electron chi connectivity index (χ0n) is 13.9. The van der Waals surface area contributed by atoms with Crippen molar-refractivity contribution in [3.05, 3.63) is 30.1 Å². The molecule has 1 aliphatic heterocycles. The molecule has 5 heteroatoms. The second kappa shape index (κ2) is 7.88. The molecule has 1 amide bonds. The van der Waals surface area contributed by atoms with E-state index in [1.165, 1.54) is 31.2 Å². The molecule has 0 bridgehead atoms. The van der Waals surface area contributed by atoms with Gasteiger partial charge >= 0.3 is 0 Å². The first kappa shape index (κ1) is 16.4. The van der Waals surface area contributed by atoms with E-state index in [4.69, 9.17) is 4.74 Å². The van der Waals surface area contributed by atoms with Gasteiger partial charge < -0.3 is 10.1 Å². The van der Waals surface area contributed by atoms with Gasteiger partial charge in [0.15, 0.2) is 0 Å². The summed E-state index contributed by atoms with van der Waals surface area (Å²) in [5.41, 5.74) is 1.25. The third kappa shape index (κ3) is 4.52. The fourth-order valence-corrected chi connectivity index (χ4v) is 3.73. The minimum absolute atomic E-state index is 0.118. The summed E-state index contributed by atoms with van der Waals surface area (Å²) in [6.45, 7) is 1.82. The molecule has 23 heavy (non-hydrogen) atoms. The maximum Gasteiger partial charge on any atom is 0.234 e. The molecule has 2 heterocycles. The number of pyridine rings is 1. The number of rotatable bonds is 6. The lowest BCUT2D eigenvalue weighted by atomic mass is 9.95. The van der Waals surface area contributed by atoms with Gasteiger partial charge in [0.2, 0.25) is 5.91 Å². The monoisotopic (exact) mass is 317 g/mol. The number of nitrogens with one attached hydrogen (secondary N) is 1. The normalized spacial score (nSPS) is 25.1. The molecule has 1 saturated carbocycles. The second-order valence-electron chi connectivity index (χ2n) is 6.88. The zero-order valence-corrected chi connectivity index (χ0v) is 13.9. The number of ether oxygens (including phenoxy) is 1. The van der Waals surface area contributed by atoms with E-state index in [1.807, 2.05) is 24.5 Å². The first-order valence-electron chi connectivity index (χ1n) is 8.68. The van der Waals surface area contributed by atoms with Crippen molar-refractivity contribution in [1.82, 2.24) is 15.2 Å². The summed E-state index contributed by atoms with van der Waals surface area (Å²) in [4.78, 5) is 18.6. The zero-order chi connectivity index (χ0) is 16.1. The van der Waals surface area contributed by atoms with Crippen LogP contribution in [0, 0.1) is 5.92 Å². The molecular weight excluding hydrogens is 290 g/mol. The van der Waals surface area contributed by atoms with E-state index in [9.17, 15) is 4.79 Å². The number of carbonyl (C=O) groups excluding carboxylic acids is 1. The van der Waals surface area contributed by atoms with E-state index >= 15 is 0 Å². The van der Waals surface area contributed by atoms with Crippen LogP contribution in [-0.4, -0.2) is 54.7 Å². The van der Waals surface area contributed by atoms with Crippen LogP contribution in [0.4, 0.5) is 0 Å². The lowest BCUT2D eigenvalue weighted by Gasteiger charge is -2.25. The highest BCUT2D eigenvalue weighted by Crippen LogP contribution is 2.22. The van der Waals surface area contributed by atoms with Crippen LogP contribution in [-0.2, 0) is 16.0 Å². The van der Waals surface area contributed by atoms with Crippen molar-refractivity contribution in [2.45, 2.75) is 44.2 Å². The summed E-state index contributed by atoms with van der Waals surface area (Å²) in [5.74, 6) is 0.466. The van der Waals surface area contributed by atoms with Crippen LogP contribution in [0.1, 0.15) is 31.2 Å². The van der Waals surface area contributed by atoms with E-state index in [2.05, 4.69) is 22.2 Å². The molecule has 1 aromatic heterocycles. The molecular formula is C18H27N3O2. The standard InChI is InChI=1S/C18H27N3O2/c1-21(16-4-2-3-5-16)11-18(22)20-17-13-23-12-15(17)10-14-6-8-19-9-7-14/h6-9,15-17H,2-5,10-13H2,1H3,(H,20,22)/t15-,17-/m1/s1. The number of amides is 1. The van der Waals surface area contributed by atoms with E-state index < -0.39 is 0 Å². The van der Waals surface area contributed by atoms with Crippen molar-refractivity contribution in [1.29, 1.82) is 0 Å². The molecule has 0 unspecified atom stereocenters. The first-order valence-corrected chi connectivity index (χ1v) is 8.68. The Hall–Kier alpha value is -1.46. The highest BCUT2D eigenvalue weighted by molar-refractivity contribution is 5.78. The molecule has 1 saturated heterocycles. The van der Waals surface area contributed by atoms with E-state index in [0.29, 0.717) is 31.7 Å². The Labute approximate surface area is 138 Å². The first-order chi connectivity index (χ1) is 11.2. The van der Waals surface area contributed by atoms with Crippen molar-refractivity contribution >= 4 is 5.91 Å². The molecule has 2 atom stereocenters. The van der Waals surface area contributed by atoms with E-state index in [0.717, 1.165) is 6.42 Å². The van der Waals surface area contributed by atoms with E-state index in [-0.39, 0.29) is 11.9 Å². The largest absolute Gasteiger partial charge is 0.379 e. The quantitative estimate of drug-likeness (QED) is 0.866. The van der Waals surface area contributed by atoms with Crippen LogP contribution in [0.5, 0.6) is 0 Å². The van der Waals surface area contributed by atoms with Crippen LogP contribution >= 0.6 is 0 Å². The molecule has 126 valence electrons. The van der Waals surface area contributed by atoms with Crippen molar-refractivity contribution in [3.63, 3.8) is 0 Å². The Bertz CT molecular complexity index is 502. The summed E-state index contributed by atoms with van der Waals surface area (Å²) >= 11 is 0. The van der Waals surface area contributed by atoms with Crippen LogP contribution < -0.4 is 5.32 Å². The Kier molecular flexibility index (Phi) is 5.62. The van der Waals surface area contributed by atoms with Gasteiger partial charge in [0, 0.05) is 24.4 Å². The van der Waals surface area contributed by atoms with Gasteiger partial charge in [0.05, 0.1) is 25.8 Å². The molecule has 0 aromatic carbocycles. The second-order valence-corrected chi connectivity index (χ2v) is 6.88. The Morgan fingerprint density at radius 1 is 1.30 bits per heavy atom. The number of aromatic nitrogens is 1. The smallest absolute Gasteiger partial charge is 0.234 e. The summed E-state index contributed by atoms with van der Waals surface area (Å²) in [7, 11) is 2.06. The van der Waals surface area contributed by atoms with Crippen LogP contribution in [0.15, 0.2) is 24.5 Å². The average molecular weight is 317 g/mol. The predicted molar refractivity (Wildman–Crippen MR) is 89.1 cm³/mol. The van der Waals surface area contributed by atoms with Crippen molar-refractivity contribution in [2.24, 2.45) is 5.92 Å². The van der Waals surface area contributed by atoms with Gasteiger partial charge in [-0.3, -0.25) is 14.7 Å². The number of hydrogen-bond acceptors (Lipinski definition) is 4. The maximum atomic E-state index is 12.3. The Morgan fingerprint density at radius 2 is 2.04 bits per heavy atom. The summed E-state index contributed by atoms with van der Waals surface area (Å²) in [6.07, 6.45) is 9.58. The van der Waals surface area contributed by atoms with Gasteiger partial charge in [0.25, 0.3) is 0 Å². The number of hydrogen-bond donors (Lipinski definition) is 1. The maximum absolute atomic E-state index is 12.3. The highest BCUT2D eigenvalue weighted by atomic mass is 16.5. The van der Waals surface area contributed by atoms with Crippen LogP contribution in [0.25, 0.3) is 0 Å². The van der Waals surface area contributed by atoms with Crippen LogP contribution in [0.2, 0.25) is 0 Å². The minimum Gasteiger partial charge on any atom is -0.379 e. The lowest BCUT2D eigenvalue weighted by molar-refractivity contribution is -0.123. The fraction of sp³-hybridized carbons (Fsp3) is 0.667. The number of likely N-dealkylation sites (N-methyl/N-ethyl adjacent to an activating group) is 1. The summed E-state index contributed by atoms with van der Waals surface area (Å²) in [5, 5.41) is 3.18. The van der Waals surface area contributed by atoms with Gasteiger partial charge in [-0.05, 0) is 44.0 Å². The third-order valence-corrected chi connectivity index (χ3v) is 5.13. The third-order valence-electron chi connectivity index (χ3n) is 5.13. The fourth-order valence-electron chi connectivity index (χ4n) is 3.73. The average Bonchev–Trinajstić information content (AvgIpc) is 3.21. The van der Waals surface area contributed by atoms with Crippen molar-refractivity contribution in [2.75, 3.05) is 26.8 Å². The SMILES string of the molecule is CN(CC(=O)N[C@@H]1COC[C@H]1Cc1ccncc1)C1CCCC1. The van der Waals surface area contributed by atoms with Gasteiger partial charge in [-0.2, -0.15) is 0 Å². The molecule has 0 spiro atoms. The minimum atomic E-state index is 0.118.